The second-order valence-corrected chi connectivity index (χ2v) is 7.83. The van der Waals surface area contributed by atoms with Gasteiger partial charge in [0, 0.05) is 36.1 Å². The van der Waals surface area contributed by atoms with Crippen LogP contribution in [0.4, 0.5) is 5.69 Å². The normalized spacial score (nSPS) is 22.3. The van der Waals surface area contributed by atoms with Crippen molar-refractivity contribution in [3.05, 3.63) is 43.0 Å². The lowest BCUT2D eigenvalue weighted by Gasteiger charge is -2.21. The fraction of sp³-hybridized carbons (Fsp3) is 0.400. The van der Waals surface area contributed by atoms with E-state index in [-0.39, 0.29) is 11.3 Å². The van der Waals surface area contributed by atoms with Gasteiger partial charge >= 0.3 is 0 Å². The number of aromatic nitrogens is 2. The van der Waals surface area contributed by atoms with E-state index in [0.717, 1.165) is 30.6 Å². The molecule has 0 amide bonds. The smallest absolute Gasteiger partial charge is 0.152 e. The van der Waals surface area contributed by atoms with Gasteiger partial charge in [-0.15, -0.1) is 0 Å². The monoisotopic (exact) mass is 305 g/mol. The van der Waals surface area contributed by atoms with Gasteiger partial charge in [0.15, 0.2) is 9.84 Å². The highest BCUT2D eigenvalue weighted by Crippen LogP contribution is 2.28. The molecule has 1 aliphatic rings. The Morgan fingerprint density at radius 3 is 2.90 bits per heavy atom. The summed E-state index contributed by atoms with van der Waals surface area (Å²) in [5.74, 6) is 0. The zero-order valence-corrected chi connectivity index (χ0v) is 12.8. The molecule has 112 valence electrons. The van der Waals surface area contributed by atoms with Gasteiger partial charge < -0.3 is 9.88 Å². The zero-order chi connectivity index (χ0) is 14.9. The van der Waals surface area contributed by atoms with Crippen molar-refractivity contribution in [3.63, 3.8) is 0 Å². The van der Waals surface area contributed by atoms with Gasteiger partial charge in [-0.05, 0) is 37.5 Å². The van der Waals surface area contributed by atoms with Crippen molar-refractivity contribution in [3.8, 4) is 5.69 Å². The molecule has 1 aliphatic carbocycles. The summed E-state index contributed by atoms with van der Waals surface area (Å²) in [7, 11) is -3.00. The molecule has 2 atom stereocenters. The van der Waals surface area contributed by atoms with Gasteiger partial charge in [0.05, 0.1) is 11.6 Å². The highest BCUT2D eigenvalue weighted by atomic mass is 32.2. The van der Waals surface area contributed by atoms with Crippen molar-refractivity contribution in [1.82, 2.24) is 9.55 Å². The van der Waals surface area contributed by atoms with Crippen molar-refractivity contribution in [2.45, 2.75) is 30.6 Å². The molecule has 1 N–H and O–H groups in total. The van der Waals surface area contributed by atoms with Crippen LogP contribution in [0.1, 0.15) is 19.3 Å². The number of nitrogens with one attached hydrogen (secondary N) is 1. The van der Waals surface area contributed by atoms with E-state index in [1.54, 1.807) is 12.5 Å². The number of anilines is 1. The van der Waals surface area contributed by atoms with Gasteiger partial charge in [-0.1, -0.05) is 6.07 Å². The molecule has 0 spiro atoms. The van der Waals surface area contributed by atoms with Crippen molar-refractivity contribution in [1.29, 1.82) is 0 Å². The van der Waals surface area contributed by atoms with Crippen molar-refractivity contribution < 1.29 is 8.42 Å². The van der Waals surface area contributed by atoms with E-state index in [9.17, 15) is 8.42 Å². The van der Waals surface area contributed by atoms with Crippen LogP contribution in [0.3, 0.4) is 0 Å². The van der Waals surface area contributed by atoms with Crippen LogP contribution < -0.4 is 5.32 Å². The molecule has 6 heteroatoms. The number of rotatable bonds is 4. The Hall–Kier alpha value is -1.82. The Labute approximate surface area is 124 Å². The highest BCUT2D eigenvalue weighted by Gasteiger charge is 2.34. The van der Waals surface area contributed by atoms with Crippen molar-refractivity contribution in [2.24, 2.45) is 0 Å². The molecule has 0 aliphatic heterocycles. The standard InChI is InChI=1S/C15H19N3O2S/c1-21(19,20)15-7-3-6-14(15)17-12-4-2-5-13(10-12)18-9-8-16-11-18/h2,4-5,8-11,14-15,17H,3,6-7H2,1H3. The molecule has 2 unspecified atom stereocenters. The third kappa shape index (κ3) is 3.10. The van der Waals surface area contributed by atoms with E-state index in [2.05, 4.69) is 10.3 Å². The summed E-state index contributed by atoms with van der Waals surface area (Å²) in [5.41, 5.74) is 1.95. The molecule has 3 rings (SSSR count). The molecule has 0 bridgehead atoms. The van der Waals surface area contributed by atoms with Crippen LogP contribution in [-0.4, -0.2) is 35.5 Å². The zero-order valence-electron chi connectivity index (χ0n) is 11.9. The molecule has 5 nitrogen and oxygen atoms in total. The molecule has 1 aromatic carbocycles. The van der Waals surface area contributed by atoms with Gasteiger partial charge in [-0.2, -0.15) is 0 Å². The molecule has 2 aromatic rings. The summed E-state index contributed by atoms with van der Waals surface area (Å²) in [4.78, 5) is 4.04. The van der Waals surface area contributed by atoms with Crippen LogP contribution in [0, 0.1) is 0 Å². The minimum atomic E-state index is -3.00. The van der Waals surface area contributed by atoms with Gasteiger partial charge in [0.25, 0.3) is 0 Å². The number of nitrogens with zero attached hydrogens (tertiary/aromatic N) is 2. The molecular weight excluding hydrogens is 286 g/mol. The number of imidazole rings is 1. The molecule has 0 saturated heterocycles. The van der Waals surface area contributed by atoms with E-state index < -0.39 is 9.84 Å². The minimum Gasteiger partial charge on any atom is -0.381 e. The second-order valence-electron chi connectivity index (χ2n) is 5.57. The summed E-state index contributed by atoms with van der Waals surface area (Å²) in [6.45, 7) is 0. The quantitative estimate of drug-likeness (QED) is 0.941. The third-order valence-corrected chi connectivity index (χ3v) is 5.67. The van der Waals surface area contributed by atoms with Crippen LogP contribution in [0.25, 0.3) is 5.69 Å². The number of benzene rings is 1. The SMILES string of the molecule is CS(=O)(=O)C1CCCC1Nc1cccc(-n2ccnc2)c1. The molecule has 1 heterocycles. The molecule has 1 aromatic heterocycles. The Kier molecular flexibility index (Phi) is 3.71. The van der Waals surface area contributed by atoms with Crippen molar-refractivity contribution in [2.75, 3.05) is 11.6 Å². The Morgan fingerprint density at radius 1 is 1.33 bits per heavy atom. The second kappa shape index (κ2) is 5.52. The van der Waals surface area contributed by atoms with E-state index in [1.165, 1.54) is 6.26 Å². The lowest BCUT2D eigenvalue weighted by Crippen LogP contribution is -2.34. The summed E-state index contributed by atoms with van der Waals surface area (Å²) >= 11 is 0. The number of hydrogen-bond acceptors (Lipinski definition) is 4. The van der Waals surface area contributed by atoms with Crippen LogP contribution >= 0.6 is 0 Å². The van der Waals surface area contributed by atoms with E-state index >= 15 is 0 Å². The predicted molar refractivity (Wildman–Crippen MR) is 83.5 cm³/mol. The first kappa shape index (κ1) is 14.1. The maximum absolute atomic E-state index is 11.8. The number of sulfone groups is 1. The molecule has 1 fully saturated rings. The fourth-order valence-corrected chi connectivity index (χ4v) is 4.38. The van der Waals surface area contributed by atoms with Crippen molar-refractivity contribution >= 4 is 15.5 Å². The lowest BCUT2D eigenvalue weighted by molar-refractivity contribution is 0.579. The molecule has 1 saturated carbocycles. The van der Waals surface area contributed by atoms with Crippen LogP contribution in [-0.2, 0) is 9.84 Å². The van der Waals surface area contributed by atoms with E-state index in [1.807, 2.05) is 35.0 Å². The van der Waals surface area contributed by atoms with Gasteiger partial charge in [-0.25, -0.2) is 13.4 Å². The third-order valence-electron chi connectivity index (χ3n) is 4.00. The van der Waals surface area contributed by atoms with E-state index in [0.29, 0.717) is 0 Å². The Morgan fingerprint density at radius 2 is 2.19 bits per heavy atom. The van der Waals surface area contributed by atoms with Crippen LogP contribution in [0.2, 0.25) is 0 Å². The first-order valence-electron chi connectivity index (χ1n) is 7.08. The average Bonchev–Trinajstić information content (AvgIpc) is 3.09. The first-order valence-corrected chi connectivity index (χ1v) is 9.03. The summed E-state index contributed by atoms with van der Waals surface area (Å²) < 4.78 is 25.6. The Bertz CT molecular complexity index is 710. The summed E-state index contributed by atoms with van der Waals surface area (Å²) in [6, 6.07) is 7.94. The number of hydrogen-bond donors (Lipinski definition) is 1. The molecular formula is C15H19N3O2S. The maximum atomic E-state index is 11.8. The van der Waals surface area contributed by atoms with Gasteiger partial charge in [0.1, 0.15) is 0 Å². The Balaban J connectivity index is 1.81. The van der Waals surface area contributed by atoms with Gasteiger partial charge in [-0.3, -0.25) is 0 Å². The van der Waals surface area contributed by atoms with Crippen LogP contribution in [0.15, 0.2) is 43.0 Å². The predicted octanol–water partition coefficient (Wildman–Crippen LogP) is 2.25. The summed E-state index contributed by atoms with van der Waals surface area (Å²) in [5, 5.41) is 3.10. The summed E-state index contributed by atoms with van der Waals surface area (Å²) in [6.07, 6.45) is 9.29. The van der Waals surface area contributed by atoms with Gasteiger partial charge in [0.2, 0.25) is 0 Å². The highest BCUT2D eigenvalue weighted by molar-refractivity contribution is 7.91. The van der Waals surface area contributed by atoms with E-state index in [4.69, 9.17) is 0 Å². The lowest BCUT2D eigenvalue weighted by atomic mass is 10.2. The van der Waals surface area contributed by atoms with Crippen LogP contribution in [0.5, 0.6) is 0 Å². The largest absolute Gasteiger partial charge is 0.381 e. The maximum Gasteiger partial charge on any atom is 0.152 e. The average molecular weight is 305 g/mol. The minimum absolute atomic E-state index is 0.00182. The molecule has 21 heavy (non-hydrogen) atoms. The first-order chi connectivity index (χ1) is 10.0. The fourth-order valence-electron chi connectivity index (χ4n) is 2.99. The molecule has 0 radical (unpaired) electrons. The topological polar surface area (TPSA) is 64.0 Å².